The summed E-state index contributed by atoms with van der Waals surface area (Å²) in [4.78, 5) is 27.4. The zero-order valence-corrected chi connectivity index (χ0v) is 12.7. The molecule has 0 aliphatic carbocycles. The molecule has 2 amide bonds. The lowest BCUT2D eigenvalue weighted by Gasteiger charge is -2.41. The Morgan fingerprint density at radius 3 is 2.76 bits per heavy atom. The molecule has 7 heteroatoms. The summed E-state index contributed by atoms with van der Waals surface area (Å²) in [5.74, 6) is 0.161. The van der Waals surface area contributed by atoms with Gasteiger partial charge in [0, 0.05) is 33.7 Å². The van der Waals surface area contributed by atoms with Gasteiger partial charge in [-0.15, -0.1) is 0 Å². The molecule has 3 saturated heterocycles. The van der Waals surface area contributed by atoms with Crippen LogP contribution in [-0.2, 0) is 19.1 Å². The number of methoxy groups -OCH3 is 1. The summed E-state index contributed by atoms with van der Waals surface area (Å²) in [7, 11) is 1.62. The first-order chi connectivity index (χ1) is 10.0. The molecule has 3 aliphatic rings. The number of nitrogens with one attached hydrogen (secondary N) is 1. The van der Waals surface area contributed by atoms with Crippen molar-refractivity contribution in [3.8, 4) is 0 Å². The molecule has 7 nitrogen and oxygen atoms in total. The second kappa shape index (κ2) is 5.23. The van der Waals surface area contributed by atoms with Crippen LogP contribution in [0, 0.1) is 0 Å². The van der Waals surface area contributed by atoms with Gasteiger partial charge < -0.3 is 24.6 Å². The number of hydrogen-bond donors (Lipinski definition) is 1. The Kier molecular flexibility index (Phi) is 3.67. The van der Waals surface area contributed by atoms with Crippen LogP contribution in [0.3, 0.4) is 0 Å². The number of piperidine rings is 1. The van der Waals surface area contributed by atoms with Gasteiger partial charge in [-0.3, -0.25) is 9.59 Å². The third kappa shape index (κ3) is 2.43. The number of rotatable bonds is 2. The van der Waals surface area contributed by atoms with Gasteiger partial charge >= 0.3 is 0 Å². The van der Waals surface area contributed by atoms with Gasteiger partial charge in [0.25, 0.3) is 0 Å². The summed E-state index contributed by atoms with van der Waals surface area (Å²) >= 11 is 0. The molecule has 1 spiro atoms. The minimum absolute atomic E-state index is 0.0594. The largest absolute Gasteiger partial charge is 0.380 e. The second-order valence-electron chi connectivity index (χ2n) is 6.25. The summed E-state index contributed by atoms with van der Waals surface area (Å²) in [6, 6.07) is 0. The minimum Gasteiger partial charge on any atom is -0.380 e. The van der Waals surface area contributed by atoms with Gasteiger partial charge in [0.05, 0.1) is 25.3 Å². The fraction of sp³-hybridized carbons (Fsp3) is 0.857. The molecule has 0 radical (unpaired) electrons. The third-order valence-corrected chi connectivity index (χ3v) is 4.81. The zero-order chi connectivity index (χ0) is 15.1. The number of hydrogen-bond acceptors (Lipinski definition) is 5. The highest BCUT2D eigenvalue weighted by atomic mass is 16.6. The lowest BCUT2D eigenvalue weighted by molar-refractivity contribution is -0.190. The lowest BCUT2D eigenvalue weighted by atomic mass is 9.91. The molecule has 3 heterocycles. The number of amides is 2. The van der Waals surface area contributed by atoms with Crippen LogP contribution in [0.5, 0.6) is 0 Å². The van der Waals surface area contributed by atoms with Crippen LogP contribution < -0.4 is 5.32 Å². The Hall–Kier alpha value is -1.18. The molecule has 3 rings (SSSR count). The van der Waals surface area contributed by atoms with Crippen molar-refractivity contribution in [3.63, 3.8) is 0 Å². The Bertz CT molecular complexity index is 444. The Labute approximate surface area is 124 Å². The topological polar surface area (TPSA) is 71.1 Å². The molecule has 1 N–H and O–H groups in total. The predicted molar refractivity (Wildman–Crippen MR) is 74.5 cm³/mol. The summed E-state index contributed by atoms with van der Waals surface area (Å²) in [5.41, 5.74) is -1.03. The van der Waals surface area contributed by atoms with E-state index in [1.54, 1.807) is 14.0 Å². The van der Waals surface area contributed by atoms with E-state index < -0.39 is 5.72 Å². The Balaban J connectivity index is 1.78. The van der Waals surface area contributed by atoms with Crippen molar-refractivity contribution < 1.29 is 19.1 Å². The minimum atomic E-state index is -0.692. The van der Waals surface area contributed by atoms with Crippen molar-refractivity contribution >= 4 is 11.8 Å². The van der Waals surface area contributed by atoms with Crippen LogP contribution in [0.4, 0.5) is 0 Å². The third-order valence-electron chi connectivity index (χ3n) is 4.81. The van der Waals surface area contributed by atoms with E-state index in [4.69, 9.17) is 9.47 Å². The number of carbonyl (C=O) groups is 2. The lowest BCUT2D eigenvalue weighted by Crippen LogP contribution is -2.63. The average molecular weight is 297 g/mol. The van der Waals surface area contributed by atoms with Gasteiger partial charge in [-0.2, -0.15) is 0 Å². The first-order valence-corrected chi connectivity index (χ1v) is 7.46. The van der Waals surface area contributed by atoms with E-state index in [9.17, 15) is 9.59 Å². The highest BCUT2D eigenvalue weighted by Crippen LogP contribution is 2.41. The number of fused-ring (bicyclic) bond motifs is 1. The highest BCUT2D eigenvalue weighted by molar-refractivity contribution is 5.80. The first kappa shape index (κ1) is 14.7. The van der Waals surface area contributed by atoms with E-state index in [1.165, 1.54) is 0 Å². The molecule has 0 aromatic heterocycles. The van der Waals surface area contributed by atoms with Gasteiger partial charge in [-0.05, 0) is 12.8 Å². The quantitative estimate of drug-likeness (QED) is 0.720. The van der Waals surface area contributed by atoms with Crippen molar-refractivity contribution in [1.82, 2.24) is 15.1 Å². The first-order valence-electron chi connectivity index (χ1n) is 7.46. The fourth-order valence-corrected chi connectivity index (χ4v) is 3.70. The molecule has 118 valence electrons. The Morgan fingerprint density at radius 1 is 1.43 bits per heavy atom. The van der Waals surface area contributed by atoms with E-state index in [0.29, 0.717) is 39.3 Å². The van der Waals surface area contributed by atoms with E-state index >= 15 is 0 Å². The molecule has 3 aliphatic heterocycles. The molecule has 3 fully saturated rings. The van der Waals surface area contributed by atoms with E-state index in [-0.39, 0.29) is 17.4 Å². The van der Waals surface area contributed by atoms with Gasteiger partial charge in [0.2, 0.25) is 11.8 Å². The van der Waals surface area contributed by atoms with Crippen molar-refractivity contribution in [2.24, 2.45) is 0 Å². The second-order valence-corrected chi connectivity index (χ2v) is 6.25. The molecule has 0 bridgehead atoms. The van der Waals surface area contributed by atoms with Crippen molar-refractivity contribution in [2.75, 3.05) is 46.4 Å². The fourth-order valence-electron chi connectivity index (χ4n) is 3.70. The molecule has 21 heavy (non-hydrogen) atoms. The SMILES string of the molecule is COCC12CNCC(=O)N1CC1(CCN(C(C)=O)CC1)O2. The number of piperazine rings is 1. The van der Waals surface area contributed by atoms with E-state index in [2.05, 4.69) is 5.32 Å². The van der Waals surface area contributed by atoms with Crippen molar-refractivity contribution in [1.29, 1.82) is 0 Å². The number of carbonyl (C=O) groups excluding carboxylic acids is 2. The zero-order valence-electron chi connectivity index (χ0n) is 12.7. The molecular formula is C14H23N3O4. The van der Waals surface area contributed by atoms with Gasteiger partial charge in [-0.25, -0.2) is 0 Å². The highest BCUT2D eigenvalue weighted by Gasteiger charge is 2.58. The maximum atomic E-state index is 12.2. The monoisotopic (exact) mass is 297 g/mol. The molecule has 0 saturated carbocycles. The number of nitrogens with zero attached hydrogens (tertiary/aromatic N) is 2. The number of likely N-dealkylation sites (tertiary alicyclic amines) is 1. The van der Waals surface area contributed by atoms with Crippen LogP contribution >= 0.6 is 0 Å². The normalized spacial score (nSPS) is 31.6. The molecule has 0 aromatic carbocycles. The summed E-state index contributed by atoms with van der Waals surface area (Å²) in [6.07, 6.45) is 1.53. The maximum absolute atomic E-state index is 12.2. The maximum Gasteiger partial charge on any atom is 0.238 e. The van der Waals surface area contributed by atoms with Crippen LogP contribution in [-0.4, -0.2) is 79.4 Å². The van der Waals surface area contributed by atoms with E-state index in [0.717, 1.165) is 12.8 Å². The molecular weight excluding hydrogens is 274 g/mol. The van der Waals surface area contributed by atoms with E-state index in [1.807, 2.05) is 9.80 Å². The van der Waals surface area contributed by atoms with Gasteiger partial charge in [0.1, 0.15) is 0 Å². The standard InChI is InChI=1S/C14H23N3O4/c1-11(18)16-5-3-13(4-6-16)9-17-12(19)7-15-8-14(17,21-13)10-20-2/h15H,3-10H2,1-2H3. The average Bonchev–Trinajstić information content (AvgIpc) is 2.75. The van der Waals surface area contributed by atoms with Gasteiger partial charge in [-0.1, -0.05) is 0 Å². The summed E-state index contributed by atoms with van der Waals surface area (Å²) in [6.45, 7) is 4.88. The molecule has 0 aromatic rings. The smallest absolute Gasteiger partial charge is 0.238 e. The predicted octanol–water partition coefficient (Wildman–Crippen LogP) is -0.828. The van der Waals surface area contributed by atoms with Crippen molar-refractivity contribution in [3.05, 3.63) is 0 Å². The van der Waals surface area contributed by atoms with Crippen molar-refractivity contribution in [2.45, 2.75) is 31.1 Å². The van der Waals surface area contributed by atoms with Crippen LogP contribution in [0.15, 0.2) is 0 Å². The van der Waals surface area contributed by atoms with Crippen LogP contribution in [0.2, 0.25) is 0 Å². The van der Waals surface area contributed by atoms with Gasteiger partial charge in [0.15, 0.2) is 5.72 Å². The van der Waals surface area contributed by atoms with Crippen LogP contribution in [0.25, 0.3) is 0 Å². The summed E-state index contributed by atoms with van der Waals surface area (Å²) in [5, 5.41) is 3.12. The summed E-state index contributed by atoms with van der Waals surface area (Å²) < 4.78 is 11.7. The van der Waals surface area contributed by atoms with Crippen LogP contribution in [0.1, 0.15) is 19.8 Å². The Morgan fingerprint density at radius 2 is 2.14 bits per heavy atom. The molecule has 1 atom stereocenters. The molecule has 1 unspecified atom stereocenters. The number of ether oxygens (including phenoxy) is 2.